The lowest BCUT2D eigenvalue weighted by Gasteiger charge is -2.22. The molecule has 2 unspecified atom stereocenters. The fourth-order valence-corrected chi connectivity index (χ4v) is 5.10. The lowest BCUT2D eigenvalue weighted by Crippen LogP contribution is -2.23. The van der Waals surface area contributed by atoms with Gasteiger partial charge in [-0.05, 0) is 50.9 Å². The number of unbranched alkanes of at least 4 members (excludes halogenated alkanes) is 11. The quantitative estimate of drug-likeness (QED) is 0.0983. The van der Waals surface area contributed by atoms with Gasteiger partial charge in [-0.25, -0.2) is 0 Å². The first kappa shape index (κ1) is 33.4. The van der Waals surface area contributed by atoms with Crippen LogP contribution in [0.1, 0.15) is 149 Å². The fourth-order valence-electron chi connectivity index (χ4n) is 5.10. The summed E-state index contributed by atoms with van der Waals surface area (Å²) in [5.74, 6) is 0.394. The van der Waals surface area contributed by atoms with E-state index in [1.807, 2.05) is 0 Å². The van der Waals surface area contributed by atoms with Gasteiger partial charge in [0, 0.05) is 32.2 Å². The zero-order valence-electron chi connectivity index (χ0n) is 24.0. The molecule has 0 aromatic heterocycles. The van der Waals surface area contributed by atoms with Crippen molar-refractivity contribution in [3.8, 4) is 0 Å². The van der Waals surface area contributed by atoms with Crippen molar-refractivity contribution in [3.05, 3.63) is 0 Å². The summed E-state index contributed by atoms with van der Waals surface area (Å²) in [6.07, 6.45) is 24.4. The molecule has 1 N–H and O–H groups in total. The molecule has 5 nitrogen and oxygen atoms in total. The van der Waals surface area contributed by atoms with Crippen molar-refractivity contribution in [2.75, 3.05) is 26.4 Å². The maximum Gasteiger partial charge on any atom is 0.306 e. The van der Waals surface area contributed by atoms with Crippen LogP contribution in [0.4, 0.5) is 0 Å². The third-order valence-electron chi connectivity index (χ3n) is 7.57. The predicted molar refractivity (Wildman–Crippen MR) is 149 cm³/mol. The van der Waals surface area contributed by atoms with Crippen LogP contribution in [-0.4, -0.2) is 43.8 Å². The van der Waals surface area contributed by atoms with E-state index in [9.17, 15) is 9.90 Å². The van der Waals surface area contributed by atoms with Gasteiger partial charge in [0.15, 0.2) is 6.29 Å². The number of esters is 1. The van der Waals surface area contributed by atoms with Crippen LogP contribution in [0.25, 0.3) is 0 Å². The Balaban J connectivity index is 2.24. The number of hydrogen-bond donors (Lipinski definition) is 1. The Hall–Kier alpha value is -0.650. The van der Waals surface area contributed by atoms with E-state index in [2.05, 4.69) is 13.8 Å². The molecule has 1 heterocycles. The third-order valence-corrected chi connectivity index (χ3v) is 7.57. The van der Waals surface area contributed by atoms with E-state index in [0.29, 0.717) is 25.6 Å². The van der Waals surface area contributed by atoms with Gasteiger partial charge < -0.3 is 19.3 Å². The molecular formula is C31H60O5. The summed E-state index contributed by atoms with van der Waals surface area (Å²) < 4.78 is 17.0. The van der Waals surface area contributed by atoms with Crippen molar-refractivity contribution in [2.24, 2.45) is 11.8 Å². The van der Waals surface area contributed by atoms with Crippen molar-refractivity contribution < 1.29 is 24.1 Å². The minimum atomic E-state index is -0.0757. The molecule has 1 aliphatic rings. The number of hydrogen-bond acceptors (Lipinski definition) is 5. The van der Waals surface area contributed by atoms with Gasteiger partial charge in [-0.2, -0.15) is 0 Å². The molecule has 0 spiro atoms. The van der Waals surface area contributed by atoms with Crippen LogP contribution < -0.4 is 0 Å². The molecule has 1 rings (SSSR count). The van der Waals surface area contributed by atoms with E-state index in [1.165, 1.54) is 83.5 Å². The highest BCUT2D eigenvalue weighted by atomic mass is 16.7. The van der Waals surface area contributed by atoms with Crippen molar-refractivity contribution in [1.82, 2.24) is 0 Å². The largest absolute Gasteiger partial charge is 0.465 e. The van der Waals surface area contributed by atoms with Crippen molar-refractivity contribution in [1.29, 1.82) is 0 Å². The molecule has 36 heavy (non-hydrogen) atoms. The van der Waals surface area contributed by atoms with E-state index >= 15 is 0 Å². The van der Waals surface area contributed by atoms with E-state index in [-0.39, 0.29) is 24.8 Å². The topological polar surface area (TPSA) is 65.0 Å². The second-order valence-electron chi connectivity index (χ2n) is 11.1. The van der Waals surface area contributed by atoms with Gasteiger partial charge in [0.1, 0.15) is 0 Å². The lowest BCUT2D eigenvalue weighted by atomic mass is 9.91. The molecule has 1 aliphatic heterocycles. The Morgan fingerprint density at radius 1 is 0.806 bits per heavy atom. The molecule has 214 valence electrons. The number of aliphatic hydroxyl groups is 1. The van der Waals surface area contributed by atoms with Gasteiger partial charge in [-0.15, -0.1) is 0 Å². The van der Waals surface area contributed by atoms with Gasteiger partial charge in [0.2, 0.25) is 0 Å². The standard InChI is InChI=1S/C31H60O5/c1-3-5-7-9-11-13-19-28(20-14-12-10-8-6-4-2)25-30(33)36-27-29(26-32)21-15-17-23-34-31-22-16-18-24-35-31/h28-29,31-32H,3-27H2,1-2H3. The monoisotopic (exact) mass is 512 g/mol. The molecule has 1 fully saturated rings. The number of aliphatic hydroxyl groups excluding tert-OH is 1. The Morgan fingerprint density at radius 3 is 1.97 bits per heavy atom. The van der Waals surface area contributed by atoms with Crippen LogP contribution in [0.5, 0.6) is 0 Å². The van der Waals surface area contributed by atoms with E-state index in [1.54, 1.807) is 0 Å². The zero-order chi connectivity index (χ0) is 26.1. The van der Waals surface area contributed by atoms with E-state index < -0.39 is 0 Å². The molecule has 0 aromatic carbocycles. The minimum Gasteiger partial charge on any atom is -0.465 e. The van der Waals surface area contributed by atoms with Gasteiger partial charge in [-0.3, -0.25) is 4.79 Å². The highest BCUT2D eigenvalue weighted by Crippen LogP contribution is 2.23. The number of carbonyl (C=O) groups excluding carboxylic acids is 1. The second kappa shape index (κ2) is 24.7. The molecule has 0 saturated carbocycles. The average molecular weight is 513 g/mol. The summed E-state index contributed by atoms with van der Waals surface area (Å²) in [5.41, 5.74) is 0. The maximum atomic E-state index is 12.6. The fraction of sp³-hybridized carbons (Fsp3) is 0.968. The third kappa shape index (κ3) is 19.5. The predicted octanol–water partition coefficient (Wildman–Crippen LogP) is 8.36. The van der Waals surface area contributed by atoms with Gasteiger partial charge in [0.25, 0.3) is 0 Å². The molecule has 0 bridgehead atoms. The first-order chi connectivity index (χ1) is 17.7. The summed E-state index contributed by atoms with van der Waals surface area (Å²) >= 11 is 0. The lowest BCUT2D eigenvalue weighted by molar-refractivity contribution is -0.163. The number of ether oxygens (including phenoxy) is 3. The van der Waals surface area contributed by atoms with Crippen LogP contribution in [0.2, 0.25) is 0 Å². The summed E-state index contributed by atoms with van der Waals surface area (Å²) in [4.78, 5) is 12.6. The van der Waals surface area contributed by atoms with E-state index in [0.717, 1.165) is 51.6 Å². The number of rotatable bonds is 25. The van der Waals surface area contributed by atoms with Gasteiger partial charge in [0.05, 0.1) is 6.61 Å². The highest BCUT2D eigenvalue weighted by molar-refractivity contribution is 5.69. The molecule has 0 aromatic rings. The molecule has 0 aliphatic carbocycles. The normalized spacial score (nSPS) is 16.9. The first-order valence-corrected chi connectivity index (χ1v) is 15.7. The summed E-state index contributed by atoms with van der Waals surface area (Å²) in [6.45, 7) is 6.42. The molecular weight excluding hydrogens is 452 g/mol. The molecule has 0 radical (unpaired) electrons. The number of carbonyl (C=O) groups is 1. The second-order valence-corrected chi connectivity index (χ2v) is 11.1. The smallest absolute Gasteiger partial charge is 0.306 e. The summed E-state index contributed by atoms with van der Waals surface area (Å²) in [6, 6.07) is 0. The Kier molecular flexibility index (Phi) is 22.9. The summed E-state index contributed by atoms with van der Waals surface area (Å²) in [7, 11) is 0. The minimum absolute atomic E-state index is 0.0236. The Labute approximate surface area is 223 Å². The van der Waals surface area contributed by atoms with Gasteiger partial charge >= 0.3 is 5.97 Å². The van der Waals surface area contributed by atoms with Gasteiger partial charge in [-0.1, -0.05) is 97.3 Å². The van der Waals surface area contributed by atoms with E-state index in [4.69, 9.17) is 14.2 Å². The SMILES string of the molecule is CCCCCCCCC(CCCCCCCC)CC(=O)OCC(CO)CCCCOC1CCCCO1. The van der Waals surface area contributed by atoms with Crippen LogP contribution in [0.15, 0.2) is 0 Å². The zero-order valence-corrected chi connectivity index (χ0v) is 24.0. The van der Waals surface area contributed by atoms with Crippen molar-refractivity contribution >= 4 is 5.97 Å². The molecule has 5 heteroatoms. The van der Waals surface area contributed by atoms with Crippen molar-refractivity contribution in [3.63, 3.8) is 0 Å². The van der Waals surface area contributed by atoms with Crippen LogP contribution in [0.3, 0.4) is 0 Å². The Morgan fingerprint density at radius 2 is 1.39 bits per heavy atom. The molecule has 2 atom stereocenters. The first-order valence-electron chi connectivity index (χ1n) is 15.7. The maximum absolute atomic E-state index is 12.6. The van der Waals surface area contributed by atoms with Crippen LogP contribution in [0, 0.1) is 11.8 Å². The Bertz CT molecular complexity index is 462. The molecule has 1 saturated heterocycles. The van der Waals surface area contributed by atoms with Crippen LogP contribution in [-0.2, 0) is 19.0 Å². The average Bonchev–Trinajstić information content (AvgIpc) is 2.90. The van der Waals surface area contributed by atoms with Crippen molar-refractivity contribution in [2.45, 2.75) is 155 Å². The highest BCUT2D eigenvalue weighted by Gasteiger charge is 2.17. The molecule has 0 amide bonds. The summed E-state index contributed by atoms with van der Waals surface area (Å²) in [5, 5.41) is 9.75. The van der Waals surface area contributed by atoms with Crippen LogP contribution >= 0.6 is 0 Å².